The molecule has 34 heavy (non-hydrogen) atoms. The standard InChI is InChI=1S/C23H26F4N4O2S/c1-3-33-9-8-15(2)11-28-20(32)10-18-13-34-22(30-18)19-12-29-31(14-23(25,26)27)21(19)16-4-6-17(24)7-5-16/h4-7,12-13,15H,3,8-11,14H2,1-2H3,(H,28,32). The van der Waals surface area contributed by atoms with E-state index in [0.29, 0.717) is 41.6 Å². The molecule has 0 aliphatic rings. The smallest absolute Gasteiger partial charge is 0.382 e. The summed E-state index contributed by atoms with van der Waals surface area (Å²) in [5.74, 6) is -0.423. The van der Waals surface area contributed by atoms with Crippen molar-refractivity contribution in [3.8, 4) is 21.8 Å². The second-order valence-corrected chi connectivity index (χ2v) is 8.76. The summed E-state index contributed by atoms with van der Waals surface area (Å²) in [6, 6.07) is 5.16. The summed E-state index contributed by atoms with van der Waals surface area (Å²) in [7, 11) is 0. The molecule has 3 aromatic rings. The molecular formula is C23H26F4N4O2S. The lowest BCUT2D eigenvalue weighted by atomic mass is 10.1. The van der Waals surface area contributed by atoms with Crippen molar-refractivity contribution in [1.29, 1.82) is 0 Å². The Morgan fingerprint density at radius 1 is 1.26 bits per heavy atom. The van der Waals surface area contributed by atoms with E-state index >= 15 is 0 Å². The van der Waals surface area contributed by atoms with Crippen LogP contribution in [0.25, 0.3) is 21.8 Å². The lowest BCUT2D eigenvalue weighted by molar-refractivity contribution is -0.142. The van der Waals surface area contributed by atoms with Gasteiger partial charge in [0, 0.05) is 30.7 Å². The van der Waals surface area contributed by atoms with Gasteiger partial charge >= 0.3 is 6.18 Å². The number of benzene rings is 1. The minimum absolute atomic E-state index is 0.0528. The zero-order chi connectivity index (χ0) is 24.7. The Balaban J connectivity index is 1.74. The van der Waals surface area contributed by atoms with E-state index in [9.17, 15) is 22.4 Å². The highest BCUT2D eigenvalue weighted by molar-refractivity contribution is 7.13. The summed E-state index contributed by atoms with van der Waals surface area (Å²) >= 11 is 1.21. The Morgan fingerprint density at radius 3 is 2.68 bits per heavy atom. The monoisotopic (exact) mass is 498 g/mol. The Labute approximate surface area is 199 Å². The van der Waals surface area contributed by atoms with Crippen molar-refractivity contribution in [2.24, 2.45) is 5.92 Å². The highest BCUT2D eigenvalue weighted by Crippen LogP contribution is 2.35. The summed E-state index contributed by atoms with van der Waals surface area (Å²) in [6.07, 6.45) is -2.28. The van der Waals surface area contributed by atoms with Gasteiger partial charge in [-0.15, -0.1) is 11.3 Å². The number of hydrogen-bond donors (Lipinski definition) is 1. The summed E-state index contributed by atoms with van der Waals surface area (Å²) in [4.78, 5) is 16.8. The van der Waals surface area contributed by atoms with Crippen LogP contribution in [0.4, 0.5) is 17.6 Å². The quantitative estimate of drug-likeness (QED) is 0.295. The van der Waals surface area contributed by atoms with E-state index in [1.165, 1.54) is 41.8 Å². The van der Waals surface area contributed by atoms with Crippen molar-refractivity contribution in [2.75, 3.05) is 19.8 Å². The molecule has 0 aliphatic carbocycles. The molecule has 0 saturated heterocycles. The predicted molar refractivity (Wildman–Crippen MR) is 122 cm³/mol. The SMILES string of the molecule is CCOCCC(C)CNC(=O)Cc1csc(-c2cnn(CC(F)(F)F)c2-c2ccc(F)cc2)n1. The number of nitrogens with one attached hydrogen (secondary N) is 1. The van der Waals surface area contributed by atoms with E-state index in [1.54, 1.807) is 5.38 Å². The zero-order valence-electron chi connectivity index (χ0n) is 18.9. The van der Waals surface area contributed by atoms with Gasteiger partial charge in [-0.1, -0.05) is 6.92 Å². The largest absolute Gasteiger partial charge is 0.408 e. The molecule has 2 heterocycles. The van der Waals surface area contributed by atoms with Crippen LogP contribution in [0, 0.1) is 11.7 Å². The first-order valence-electron chi connectivity index (χ1n) is 10.8. The normalized spacial score (nSPS) is 12.6. The number of ether oxygens (including phenoxy) is 1. The molecule has 2 aromatic heterocycles. The van der Waals surface area contributed by atoms with Gasteiger partial charge in [0.15, 0.2) is 0 Å². The van der Waals surface area contributed by atoms with Crippen LogP contribution in [0.1, 0.15) is 26.0 Å². The van der Waals surface area contributed by atoms with Crippen molar-refractivity contribution in [1.82, 2.24) is 20.1 Å². The maximum absolute atomic E-state index is 13.4. The van der Waals surface area contributed by atoms with Gasteiger partial charge in [-0.2, -0.15) is 18.3 Å². The molecule has 1 unspecified atom stereocenters. The molecule has 1 atom stereocenters. The Morgan fingerprint density at radius 2 is 2.00 bits per heavy atom. The molecule has 0 spiro atoms. The number of nitrogens with zero attached hydrogens (tertiary/aromatic N) is 3. The van der Waals surface area contributed by atoms with E-state index in [4.69, 9.17) is 4.74 Å². The molecule has 0 bridgehead atoms. The summed E-state index contributed by atoms with van der Waals surface area (Å²) in [5, 5.41) is 8.91. The second kappa shape index (κ2) is 11.6. The van der Waals surface area contributed by atoms with Gasteiger partial charge in [0.2, 0.25) is 5.91 Å². The number of halogens is 4. The molecule has 3 rings (SSSR count). The second-order valence-electron chi connectivity index (χ2n) is 7.90. The van der Waals surface area contributed by atoms with Crippen molar-refractivity contribution in [3.63, 3.8) is 0 Å². The van der Waals surface area contributed by atoms with Crippen LogP contribution >= 0.6 is 11.3 Å². The molecule has 11 heteroatoms. The van der Waals surface area contributed by atoms with Crippen molar-refractivity contribution < 1.29 is 27.1 Å². The first-order valence-corrected chi connectivity index (χ1v) is 11.7. The van der Waals surface area contributed by atoms with Crippen LogP contribution in [0.3, 0.4) is 0 Å². The summed E-state index contributed by atoms with van der Waals surface area (Å²) in [6.45, 7) is 4.47. The predicted octanol–water partition coefficient (Wildman–Crippen LogP) is 5.10. The van der Waals surface area contributed by atoms with E-state index in [1.807, 2.05) is 13.8 Å². The lowest BCUT2D eigenvalue weighted by Crippen LogP contribution is -2.30. The van der Waals surface area contributed by atoms with Crippen LogP contribution in [-0.2, 0) is 22.5 Å². The number of hydrogen-bond acceptors (Lipinski definition) is 5. The number of alkyl halides is 3. The topological polar surface area (TPSA) is 69.0 Å². The summed E-state index contributed by atoms with van der Waals surface area (Å²) in [5.41, 5.74) is 1.46. The number of aromatic nitrogens is 3. The van der Waals surface area contributed by atoms with E-state index < -0.39 is 18.5 Å². The van der Waals surface area contributed by atoms with Crippen molar-refractivity contribution in [3.05, 3.63) is 47.4 Å². The first kappa shape index (κ1) is 25.8. The Kier molecular flexibility index (Phi) is 8.78. The minimum Gasteiger partial charge on any atom is -0.382 e. The third-order valence-corrected chi connectivity index (χ3v) is 5.94. The van der Waals surface area contributed by atoms with Crippen LogP contribution in [-0.4, -0.2) is 46.6 Å². The molecule has 1 amide bonds. The lowest BCUT2D eigenvalue weighted by Gasteiger charge is -2.12. The van der Waals surface area contributed by atoms with Gasteiger partial charge < -0.3 is 10.1 Å². The van der Waals surface area contributed by atoms with Crippen LogP contribution in [0.15, 0.2) is 35.8 Å². The van der Waals surface area contributed by atoms with Gasteiger partial charge in [0.25, 0.3) is 0 Å². The molecule has 6 nitrogen and oxygen atoms in total. The third-order valence-electron chi connectivity index (χ3n) is 5.02. The molecule has 1 N–H and O–H groups in total. The molecule has 184 valence electrons. The van der Waals surface area contributed by atoms with Crippen molar-refractivity contribution >= 4 is 17.2 Å². The molecular weight excluding hydrogens is 472 g/mol. The maximum Gasteiger partial charge on any atom is 0.408 e. The fourth-order valence-electron chi connectivity index (χ4n) is 3.30. The van der Waals surface area contributed by atoms with Crippen molar-refractivity contribution in [2.45, 2.75) is 39.4 Å². The van der Waals surface area contributed by atoms with Crippen LogP contribution < -0.4 is 5.32 Å². The molecule has 0 saturated carbocycles. The maximum atomic E-state index is 13.4. The van der Waals surface area contributed by atoms with Gasteiger partial charge in [0.1, 0.15) is 17.4 Å². The number of rotatable bonds is 11. The Hall–Kier alpha value is -2.79. The highest BCUT2D eigenvalue weighted by Gasteiger charge is 2.31. The van der Waals surface area contributed by atoms with E-state index in [2.05, 4.69) is 15.4 Å². The van der Waals surface area contributed by atoms with Crippen LogP contribution in [0.5, 0.6) is 0 Å². The van der Waals surface area contributed by atoms with Gasteiger partial charge in [-0.3, -0.25) is 9.48 Å². The number of carbonyl (C=O) groups is 1. The highest BCUT2D eigenvalue weighted by atomic mass is 32.1. The first-order chi connectivity index (χ1) is 16.2. The third kappa shape index (κ3) is 7.36. The number of amides is 1. The fourth-order valence-corrected chi connectivity index (χ4v) is 4.13. The van der Waals surface area contributed by atoms with E-state index in [0.717, 1.165) is 11.1 Å². The van der Waals surface area contributed by atoms with E-state index in [-0.39, 0.29) is 23.9 Å². The van der Waals surface area contributed by atoms with Gasteiger partial charge in [-0.25, -0.2) is 9.37 Å². The minimum atomic E-state index is -4.48. The molecule has 1 aromatic carbocycles. The molecule has 0 fully saturated rings. The number of thiazole rings is 1. The van der Waals surface area contributed by atoms with Gasteiger partial charge in [0.05, 0.1) is 29.6 Å². The fraction of sp³-hybridized carbons (Fsp3) is 0.435. The average Bonchev–Trinajstić information content (AvgIpc) is 3.39. The Bertz CT molecular complexity index is 1080. The molecule has 0 aliphatic heterocycles. The zero-order valence-corrected chi connectivity index (χ0v) is 19.7. The summed E-state index contributed by atoms with van der Waals surface area (Å²) < 4.78 is 58.8. The average molecular weight is 499 g/mol. The number of carbonyl (C=O) groups excluding carboxylic acids is 1. The molecule has 0 radical (unpaired) electrons. The van der Waals surface area contributed by atoms with Crippen LogP contribution in [0.2, 0.25) is 0 Å². The van der Waals surface area contributed by atoms with Gasteiger partial charge in [-0.05, 0) is 43.5 Å².